The van der Waals surface area contributed by atoms with Gasteiger partial charge in [0.25, 0.3) is 0 Å². The molecule has 5 nitrogen and oxygen atoms in total. The number of aryl methyl sites for hydroxylation is 1. The SMILES string of the molecule is Cc1ccc(/C(N)=N/O)cc1OCc1cccnc1. The first-order valence-corrected chi connectivity index (χ1v) is 5.81. The molecule has 0 fully saturated rings. The average molecular weight is 257 g/mol. The number of rotatable bonds is 4. The normalized spacial score (nSPS) is 11.3. The number of nitrogens with zero attached hydrogens (tertiary/aromatic N) is 2. The van der Waals surface area contributed by atoms with Crippen molar-refractivity contribution in [2.45, 2.75) is 13.5 Å². The fraction of sp³-hybridized carbons (Fsp3) is 0.143. The van der Waals surface area contributed by atoms with E-state index in [9.17, 15) is 0 Å². The molecule has 0 aliphatic rings. The summed E-state index contributed by atoms with van der Waals surface area (Å²) in [6, 6.07) is 9.20. The van der Waals surface area contributed by atoms with E-state index < -0.39 is 0 Å². The molecule has 1 heterocycles. The molecule has 0 spiro atoms. The third-order valence-electron chi connectivity index (χ3n) is 2.71. The number of ether oxygens (including phenoxy) is 1. The van der Waals surface area contributed by atoms with Crippen LogP contribution in [0.2, 0.25) is 0 Å². The van der Waals surface area contributed by atoms with Crippen molar-refractivity contribution in [3.8, 4) is 5.75 Å². The average Bonchev–Trinajstić information content (AvgIpc) is 2.46. The third-order valence-corrected chi connectivity index (χ3v) is 2.71. The number of aromatic nitrogens is 1. The minimum Gasteiger partial charge on any atom is -0.489 e. The number of hydrogen-bond donors (Lipinski definition) is 2. The van der Waals surface area contributed by atoms with Gasteiger partial charge in [0.2, 0.25) is 0 Å². The summed E-state index contributed by atoms with van der Waals surface area (Å²) in [6.45, 7) is 2.36. The van der Waals surface area contributed by atoms with Gasteiger partial charge in [0.05, 0.1) is 0 Å². The highest BCUT2D eigenvalue weighted by Crippen LogP contribution is 2.20. The van der Waals surface area contributed by atoms with Crippen molar-refractivity contribution < 1.29 is 9.94 Å². The van der Waals surface area contributed by atoms with Crippen LogP contribution in [0.3, 0.4) is 0 Å². The fourth-order valence-corrected chi connectivity index (χ4v) is 1.62. The molecule has 3 N–H and O–H groups in total. The quantitative estimate of drug-likeness (QED) is 0.380. The summed E-state index contributed by atoms with van der Waals surface area (Å²) in [4.78, 5) is 4.03. The number of nitrogens with two attached hydrogens (primary N) is 1. The van der Waals surface area contributed by atoms with Gasteiger partial charge in [-0.2, -0.15) is 0 Å². The first kappa shape index (κ1) is 12.9. The molecule has 19 heavy (non-hydrogen) atoms. The predicted octanol–water partition coefficient (Wildman–Crippen LogP) is 2.06. The highest BCUT2D eigenvalue weighted by atomic mass is 16.5. The second-order valence-electron chi connectivity index (χ2n) is 4.12. The summed E-state index contributed by atoms with van der Waals surface area (Å²) in [6.07, 6.45) is 3.47. The number of benzene rings is 1. The Morgan fingerprint density at radius 1 is 1.42 bits per heavy atom. The van der Waals surface area contributed by atoms with E-state index in [1.807, 2.05) is 25.1 Å². The van der Waals surface area contributed by atoms with Crippen LogP contribution in [0, 0.1) is 6.92 Å². The summed E-state index contributed by atoms with van der Waals surface area (Å²) < 4.78 is 5.73. The van der Waals surface area contributed by atoms with Crippen LogP contribution in [-0.2, 0) is 6.61 Å². The molecule has 0 unspecified atom stereocenters. The van der Waals surface area contributed by atoms with E-state index in [2.05, 4.69) is 10.1 Å². The van der Waals surface area contributed by atoms with E-state index in [-0.39, 0.29) is 5.84 Å². The Kier molecular flexibility index (Phi) is 3.97. The lowest BCUT2D eigenvalue weighted by Gasteiger charge is -2.10. The van der Waals surface area contributed by atoms with Crippen LogP contribution in [0.25, 0.3) is 0 Å². The fourth-order valence-electron chi connectivity index (χ4n) is 1.62. The molecule has 0 saturated carbocycles. The van der Waals surface area contributed by atoms with Gasteiger partial charge < -0.3 is 15.7 Å². The highest BCUT2D eigenvalue weighted by molar-refractivity contribution is 5.97. The molecule has 0 saturated heterocycles. The van der Waals surface area contributed by atoms with Crippen LogP contribution in [0.15, 0.2) is 47.9 Å². The zero-order valence-electron chi connectivity index (χ0n) is 10.6. The van der Waals surface area contributed by atoms with Crippen LogP contribution in [0.1, 0.15) is 16.7 Å². The Morgan fingerprint density at radius 2 is 2.26 bits per heavy atom. The first-order valence-electron chi connectivity index (χ1n) is 5.81. The molecule has 0 radical (unpaired) electrons. The maximum atomic E-state index is 8.67. The van der Waals surface area contributed by atoms with E-state index in [1.54, 1.807) is 24.5 Å². The second kappa shape index (κ2) is 5.86. The van der Waals surface area contributed by atoms with Gasteiger partial charge >= 0.3 is 0 Å². The molecule has 98 valence electrons. The van der Waals surface area contributed by atoms with E-state index in [1.165, 1.54) is 0 Å². The van der Waals surface area contributed by atoms with Crippen molar-refractivity contribution in [1.29, 1.82) is 0 Å². The molecule has 5 heteroatoms. The van der Waals surface area contributed by atoms with Gasteiger partial charge in [-0.15, -0.1) is 0 Å². The lowest BCUT2D eigenvalue weighted by molar-refractivity contribution is 0.303. The van der Waals surface area contributed by atoms with Gasteiger partial charge in [-0.25, -0.2) is 0 Å². The van der Waals surface area contributed by atoms with Gasteiger partial charge in [-0.1, -0.05) is 23.4 Å². The molecule has 2 rings (SSSR count). The summed E-state index contributed by atoms with van der Waals surface area (Å²) in [7, 11) is 0. The molecule has 0 aliphatic carbocycles. The van der Waals surface area contributed by atoms with E-state index >= 15 is 0 Å². The Bertz CT molecular complexity index is 582. The largest absolute Gasteiger partial charge is 0.489 e. The van der Waals surface area contributed by atoms with E-state index in [0.29, 0.717) is 17.9 Å². The van der Waals surface area contributed by atoms with Crippen LogP contribution in [-0.4, -0.2) is 16.0 Å². The van der Waals surface area contributed by atoms with Crippen molar-refractivity contribution >= 4 is 5.84 Å². The zero-order valence-corrected chi connectivity index (χ0v) is 10.6. The summed E-state index contributed by atoms with van der Waals surface area (Å²) >= 11 is 0. The maximum Gasteiger partial charge on any atom is 0.170 e. The molecule has 2 aromatic rings. The number of amidine groups is 1. The minimum absolute atomic E-state index is 0.0613. The second-order valence-corrected chi connectivity index (χ2v) is 4.12. The lowest BCUT2D eigenvalue weighted by Crippen LogP contribution is -2.13. The van der Waals surface area contributed by atoms with Gasteiger partial charge in [0, 0.05) is 23.5 Å². The van der Waals surface area contributed by atoms with Crippen molar-refractivity contribution in [3.63, 3.8) is 0 Å². The highest BCUT2D eigenvalue weighted by Gasteiger charge is 2.05. The van der Waals surface area contributed by atoms with E-state index in [0.717, 1.165) is 11.1 Å². The van der Waals surface area contributed by atoms with Crippen molar-refractivity contribution in [3.05, 3.63) is 59.4 Å². The Hall–Kier alpha value is -2.56. The van der Waals surface area contributed by atoms with E-state index in [4.69, 9.17) is 15.7 Å². The summed E-state index contributed by atoms with van der Waals surface area (Å²) in [5, 5.41) is 11.6. The van der Waals surface area contributed by atoms with Gasteiger partial charge in [-0.3, -0.25) is 4.98 Å². The van der Waals surface area contributed by atoms with Crippen LogP contribution < -0.4 is 10.5 Å². The van der Waals surface area contributed by atoms with Crippen LogP contribution in [0.5, 0.6) is 5.75 Å². The standard InChI is InChI=1S/C14H15N3O2/c1-10-4-5-12(14(15)17-18)7-13(10)19-9-11-3-2-6-16-8-11/h2-8,18H,9H2,1H3,(H2,15,17). The number of pyridine rings is 1. The van der Waals surface area contributed by atoms with Gasteiger partial charge in [-0.05, 0) is 24.6 Å². The number of oxime groups is 1. The lowest BCUT2D eigenvalue weighted by atomic mass is 10.1. The molecule has 0 bridgehead atoms. The van der Waals surface area contributed by atoms with Crippen molar-refractivity contribution in [2.75, 3.05) is 0 Å². The molecule has 1 aromatic heterocycles. The van der Waals surface area contributed by atoms with Gasteiger partial charge in [0.15, 0.2) is 5.84 Å². The predicted molar refractivity (Wildman–Crippen MR) is 72.3 cm³/mol. The topological polar surface area (TPSA) is 80.7 Å². The molecular weight excluding hydrogens is 242 g/mol. The van der Waals surface area contributed by atoms with Crippen molar-refractivity contribution in [2.24, 2.45) is 10.9 Å². The minimum atomic E-state index is 0.0613. The molecular formula is C14H15N3O2. The van der Waals surface area contributed by atoms with Crippen LogP contribution in [0.4, 0.5) is 0 Å². The molecule has 0 atom stereocenters. The van der Waals surface area contributed by atoms with Gasteiger partial charge in [0.1, 0.15) is 12.4 Å². The summed E-state index contributed by atoms with van der Waals surface area (Å²) in [5.41, 5.74) is 8.14. The van der Waals surface area contributed by atoms with Crippen molar-refractivity contribution in [1.82, 2.24) is 4.98 Å². The first-order chi connectivity index (χ1) is 9.20. The molecule has 1 aromatic carbocycles. The summed E-state index contributed by atoms with van der Waals surface area (Å²) in [5.74, 6) is 0.763. The third kappa shape index (κ3) is 3.22. The smallest absolute Gasteiger partial charge is 0.170 e. The molecule has 0 amide bonds. The zero-order chi connectivity index (χ0) is 13.7. The maximum absolute atomic E-state index is 8.67. The monoisotopic (exact) mass is 257 g/mol. The Morgan fingerprint density at radius 3 is 2.95 bits per heavy atom. The van der Waals surface area contributed by atoms with Crippen LogP contribution >= 0.6 is 0 Å². The molecule has 0 aliphatic heterocycles. The Labute approximate surface area is 111 Å². The Balaban J connectivity index is 2.16. The number of hydrogen-bond acceptors (Lipinski definition) is 4.